The summed E-state index contributed by atoms with van der Waals surface area (Å²) in [5.74, 6) is -0.0257. The third-order valence-corrected chi connectivity index (χ3v) is 10.0. The average Bonchev–Trinajstić information content (AvgIpc) is 3.34. The molecular weight excluding hydrogens is 523 g/mol. The minimum atomic E-state index is -1.03. The molecule has 0 aromatic heterocycles. The van der Waals surface area contributed by atoms with Crippen molar-refractivity contribution in [1.29, 1.82) is 0 Å². The Morgan fingerprint density at radius 3 is 2.49 bits per heavy atom. The molecule has 224 valence electrons. The van der Waals surface area contributed by atoms with Crippen molar-refractivity contribution in [2.45, 2.75) is 83.0 Å². The Morgan fingerprint density at radius 2 is 1.80 bits per heavy atom. The van der Waals surface area contributed by atoms with E-state index in [4.69, 9.17) is 14.0 Å². The molecule has 6 atom stereocenters. The highest BCUT2D eigenvalue weighted by Gasteiger charge is 2.68. The molecule has 4 amide bonds. The van der Waals surface area contributed by atoms with E-state index >= 15 is 0 Å². The van der Waals surface area contributed by atoms with Crippen molar-refractivity contribution in [3.05, 3.63) is 35.9 Å². The fraction of sp³-hybridized carbons (Fsp3) is 0.700. The largest absolute Gasteiger partial charge is 0.481 e. The van der Waals surface area contributed by atoms with E-state index < -0.39 is 36.6 Å². The molecule has 2 bridgehead atoms. The average molecular weight is 569 g/mol. The van der Waals surface area contributed by atoms with Crippen LogP contribution in [-0.2, 0) is 30.1 Å². The molecule has 3 N–H and O–H groups in total. The summed E-state index contributed by atoms with van der Waals surface area (Å²) in [5.41, 5.74) is 1.03. The first-order valence-corrected chi connectivity index (χ1v) is 15.1. The van der Waals surface area contributed by atoms with Gasteiger partial charge in [-0.1, -0.05) is 44.2 Å². The van der Waals surface area contributed by atoms with Crippen LogP contribution in [0.25, 0.3) is 0 Å². The van der Waals surface area contributed by atoms with Gasteiger partial charge in [0.15, 0.2) is 0 Å². The van der Waals surface area contributed by atoms with Crippen molar-refractivity contribution in [3.63, 3.8) is 0 Å². The van der Waals surface area contributed by atoms with E-state index in [1.807, 2.05) is 18.2 Å². The summed E-state index contributed by atoms with van der Waals surface area (Å²) in [6.45, 7) is 8.68. The van der Waals surface area contributed by atoms with Gasteiger partial charge in [-0.25, -0.2) is 4.79 Å². The number of nitrogens with one attached hydrogen (secondary N) is 3. The van der Waals surface area contributed by atoms with Crippen LogP contribution in [-0.4, -0.2) is 86.9 Å². The maximum absolute atomic E-state index is 13.7. The summed E-state index contributed by atoms with van der Waals surface area (Å²) in [5, 5.41) is 8.30. The first-order chi connectivity index (χ1) is 19.6. The van der Waals surface area contributed by atoms with Gasteiger partial charge in [0.25, 0.3) is 0 Å². The number of aryl methyl sites for hydroxylation is 1. The number of rotatable bonds is 10. The molecule has 6 rings (SSSR count). The van der Waals surface area contributed by atoms with Crippen molar-refractivity contribution in [3.8, 4) is 0 Å². The van der Waals surface area contributed by atoms with Gasteiger partial charge in [0.05, 0.1) is 37.3 Å². The molecule has 3 saturated carbocycles. The zero-order valence-corrected chi connectivity index (χ0v) is 24.8. The van der Waals surface area contributed by atoms with E-state index in [-0.39, 0.29) is 23.8 Å². The topological polar surface area (TPSA) is 118 Å². The number of amides is 4. The summed E-state index contributed by atoms with van der Waals surface area (Å²) in [6.07, 6.45) is 4.25. The third-order valence-electron chi connectivity index (χ3n) is 10.0. The fourth-order valence-corrected chi connectivity index (χ4v) is 7.36. The van der Waals surface area contributed by atoms with E-state index in [0.29, 0.717) is 44.6 Å². The Morgan fingerprint density at radius 1 is 1.07 bits per heavy atom. The number of urea groups is 1. The Labute approximate surface area is 243 Å². The lowest BCUT2D eigenvalue weighted by atomic mass is 9.43. The second kappa shape index (κ2) is 12.3. The van der Waals surface area contributed by atoms with E-state index in [9.17, 15) is 14.4 Å². The summed E-state index contributed by atoms with van der Waals surface area (Å²) in [4.78, 5) is 40.7. The number of benzene rings is 1. The molecule has 1 aromatic carbocycles. The van der Waals surface area contributed by atoms with Crippen molar-refractivity contribution in [1.82, 2.24) is 20.9 Å². The van der Waals surface area contributed by atoms with Crippen LogP contribution >= 0.6 is 0 Å². The van der Waals surface area contributed by atoms with Gasteiger partial charge >= 0.3 is 13.1 Å². The predicted octanol–water partition coefficient (Wildman–Crippen LogP) is 2.31. The quantitative estimate of drug-likeness (QED) is 0.373. The number of morpholine rings is 1. The number of hydrogen-bond acceptors (Lipinski definition) is 6. The Kier molecular flexibility index (Phi) is 8.97. The van der Waals surface area contributed by atoms with Crippen LogP contribution in [0.15, 0.2) is 30.3 Å². The summed E-state index contributed by atoms with van der Waals surface area (Å²) >= 11 is 0. The number of nitrogens with zero attached hydrogens (tertiary/aromatic N) is 1. The molecule has 10 nitrogen and oxygen atoms in total. The van der Waals surface area contributed by atoms with Crippen LogP contribution in [0.3, 0.4) is 0 Å². The number of carbonyl (C=O) groups is 3. The Bertz CT molecular complexity index is 1100. The predicted molar refractivity (Wildman–Crippen MR) is 155 cm³/mol. The zero-order valence-electron chi connectivity index (χ0n) is 24.8. The monoisotopic (exact) mass is 568 g/mol. The smallest absolute Gasteiger partial charge is 0.404 e. The minimum absolute atomic E-state index is 0.0134. The summed E-state index contributed by atoms with van der Waals surface area (Å²) < 4.78 is 18.7. The molecule has 5 aliphatic rings. The van der Waals surface area contributed by atoms with E-state index in [1.54, 1.807) is 4.90 Å². The second-order valence-electron chi connectivity index (χ2n) is 12.8. The van der Waals surface area contributed by atoms with Crippen LogP contribution in [0.1, 0.15) is 58.4 Å². The highest BCUT2D eigenvalue weighted by molar-refractivity contribution is 6.48. The van der Waals surface area contributed by atoms with Gasteiger partial charge < -0.3 is 34.9 Å². The molecule has 1 aromatic rings. The van der Waals surface area contributed by atoms with Crippen LogP contribution in [0, 0.1) is 17.3 Å². The standard InChI is InChI=1S/C30H45BN4O6/c1-29(2)21-17-23(29)30(3)24(18-21)40-31(41-30)25(12-8-11-20-9-6-5-7-10-20)34-27(37)22(33-28(38)32-4)19-26(36)35-13-15-39-16-14-35/h5-7,9-10,21-25H,8,11-19H2,1-4H3,(H,34,37)(H2,32,33,38)/t21-,22+,23-,24+,25-,30-/m0/s1. The molecule has 41 heavy (non-hydrogen) atoms. The Balaban J connectivity index is 1.30. The lowest BCUT2D eigenvalue weighted by molar-refractivity contribution is -0.199. The SMILES string of the molecule is CNC(=O)N[C@H](CC(=O)N1CCOCC1)C(=O)N[C@@H](CCCc1ccccc1)B1O[C@@H]2C[C@@H]3C[C@@H](C3(C)C)[C@]2(C)O1. The van der Waals surface area contributed by atoms with E-state index in [0.717, 1.165) is 25.7 Å². The summed E-state index contributed by atoms with van der Waals surface area (Å²) in [7, 11) is 0.880. The minimum Gasteiger partial charge on any atom is -0.404 e. The second-order valence-corrected chi connectivity index (χ2v) is 12.8. The molecule has 2 heterocycles. The molecule has 0 radical (unpaired) electrons. The maximum atomic E-state index is 13.7. The Hall–Kier alpha value is -2.63. The van der Waals surface area contributed by atoms with Crippen molar-refractivity contribution in [2.24, 2.45) is 17.3 Å². The van der Waals surface area contributed by atoms with Crippen LogP contribution in [0.4, 0.5) is 4.79 Å². The molecule has 5 fully saturated rings. The maximum Gasteiger partial charge on any atom is 0.481 e. The fourth-order valence-electron chi connectivity index (χ4n) is 7.36. The van der Waals surface area contributed by atoms with Gasteiger partial charge in [0, 0.05) is 20.1 Å². The highest BCUT2D eigenvalue weighted by Crippen LogP contribution is 2.65. The van der Waals surface area contributed by atoms with Gasteiger partial charge in [-0.3, -0.25) is 9.59 Å². The first kappa shape index (κ1) is 29.9. The molecule has 0 unspecified atom stereocenters. The zero-order chi connectivity index (χ0) is 29.2. The molecule has 3 aliphatic carbocycles. The molecule has 11 heteroatoms. The number of carbonyl (C=O) groups excluding carboxylic acids is 3. The third kappa shape index (κ3) is 6.27. The molecule has 0 spiro atoms. The van der Waals surface area contributed by atoms with E-state index in [1.165, 1.54) is 12.6 Å². The first-order valence-electron chi connectivity index (χ1n) is 15.1. The van der Waals surface area contributed by atoms with Gasteiger partial charge in [-0.05, 0) is 61.8 Å². The van der Waals surface area contributed by atoms with Crippen molar-refractivity contribution in [2.75, 3.05) is 33.4 Å². The van der Waals surface area contributed by atoms with Crippen LogP contribution < -0.4 is 16.0 Å². The van der Waals surface area contributed by atoms with Crippen molar-refractivity contribution >= 4 is 25.0 Å². The lowest BCUT2D eigenvalue weighted by Crippen LogP contribution is -2.65. The molecular formula is C30H45BN4O6. The van der Waals surface area contributed by atoms with Gasteiger partial charge in [0.1, 0.15) is 6.04 Å². The molecule has 2 saturated heterocycles. The van der Waals surface area contributed by atoms with Crippen LogP contribution in [0.5, 0.6) is 0 Å². The summed E-state index contributed by atoms with van der Waals surface area (Å²) in [6, 6.07) is 8.69. The van der Waals surface area contributed by atoms with Gasteiger partial charge in [-0.2, -0.15) is 0 Å². The molecule has 2 aliphatic heterocycles. The highest BCUT2D eigenvalue weighted by atomic mass is 16.7. The normalized spacial score (nSPS) is 29.5. The number of hydrogen-bond donors (Lipinski definition) is 3. The number of ether oxygens (including phenoxy) is 1. The van der Waals surface area contributed by atoms with Gasteiger partial charge in [-0.15, -0.1) is 0 Å². The lowest BCUT2D eigenvalue weighted by Gasteiger charge is -2.64. The van der Waals surface area contributed by atoms with Crippen LogP contribution in [0.2, 0.25) is 0 Å². The van der Waals surface area contributed by atoms with Gasteiger partial charge in [0.2, 0.25) is 11.8 Å². The van der Waals surface area contributed by atoms with Crippen molar-refractivity contribution < 1.29 is 28.4 Å². The van der Waals surface area contributed by atoms with E-state index in [2.05, 4.69) is 48.9 Å².